The van der Waals surface area contributed by atoms with Crippen LogP contribution in [0, 0.1) is 0 Å². The summed E-state index contributed by atoms with van der Waals surface area (Å²) in [6.45, 7) is 0. The summed E-state index contributed by atoms with van der Waals surface area (Å²) in [5, 5.41) is 0. The van der Waals surface area contributed by atoms with E-state index < -0.39 is 10.4 Å². The Morgan fingerprint density at radius 1 is 0.667 bits per heavy atom. The van der Waals surface area contributed by atoms with Gasteiger partial charge in [-0.05, 0) is 0 Å². The van der Waals surface area contributed by atoms with Crippen LogP contribution >= 0.6 is 0 Å². The molecule has 0 aliphatic carbocycles. The van der Waals surface area contributed by atoms with Gasteiger partial charge in [0.15, 0.2) is 0 Å². The van der Waals surface area contributed by atoms with E-state index in [1.54, 1.807) is 0 Å². The van der Waals surface area contributed by atoms with E-state index >= 15 is 0 Å². The maximum atomic E-state index is 8.52. The van der Waals surface area contributed by atoms with Crippen LogP contribution in [-0.4, -0.2) is 55.9 Å². The van der Waals surface area contributed by atoms with Crippen molar-refractivity contribution in [3.63, 3.8) is 0 Å². The van der Waals surface area contributed by atoms with Gasteiger partial charge in [0.1, 0.15) is 0 Å². The molecule has 0 heterocycles. The Morgan fingerprint density at radius 3 is 0.667 bits per heavy atom. The quantitative estimate of drug-likeness (QED) is 0.236. The van der Waals surface area contributed by atoms with Crippen molar-refractivity contribution < 1.29 is 115 Å². The van der Waals surface area contributed by atoms with Crippen molar-refractivity contribution in [2.24, 2.45) is 0 Å². The van der Waals surface area contributed by atoms with E-state index in [2.05, 4.69) is 0 Å². The van der Waals surface area contributed by atoms with Gasteiger partial charge in [-0.1, -0.05) is 0 Å². The largest absolute Gasteiger partial charge is 2.00 e. The first kappa shape index (κ1) is 133. The molecule has 0 saturated heterocycles. The molecule has 0 aliphatic rings. The Hall–Kier alpha value is 1.40. The summed E-state index contributed by atoms with van der Waals surface area (Å²) in [7, 11) is -5.17. The summed E-state index contributed by atoms with van der Waals surface area (Å²) in [5.41, 5.74) is 0. The van der Waals surface area contributed by atoms with Gasteiger partial charge in [-0.25, -0.2) is 0 Å². The predicted octanol–water partition coefficient (Wildman–Crippen LogP) is -13.1. The minimum absolute atomic E-state index is 0. The Bertz CT molecular complexity index is 104. The molecule has 102 valence electrons. The number of hydrogen-bond acceptors (Lipinski definition) is 4. The molecule has 11 nitrogen and oxygen atoms in total. The van der Waals surface area contributed by atoms with Crippen LogP contribution in [0.1, 0.15) is 0 Å². The Morgan fingerprint density at radius 2 is 0.667 bits per heavy atom. The summed E-state index contributed by atoms with van der Waals surface area (Å²) in [6, 6.07) is 0. The van der Waals surface area contributed by atoms with E-state index in [0.29, 0.717) is 0 Å². The molecule has 0 bridgehead atoms. The molecule has 0 aromatic rings. The van der Waals surface area contributed by atoms with Crippen LogP contribution in [0.25, 0.3) is 0 Å². The van der Waals surface area contributed by atoms with E-state index in [-0.39, 0.29) is 97.4 Å². The minimum Gasteiger partial charge on any atom is -1.00 e. The van der Waals surface area contributed by atoms with E-state index in [1.807, 2.05) is 0 Å². The standard InChI is InChI=1S/ClH.Fe.Na.H2O4S.7H2O/c;;;1-5(2,3)4;;;;;;;/h1H;;;(H2,1,2,3,4);7*1H2/q;+2;+1;;;;;;;;/p-3. The fourth-order valence-corrected chi connectivity index (χ4v) is 0. The average molecular weight is 336 g/mol. The third-order valence-corrected chi connectivity index (χ3v) is 0. The van der Waals surface area contributed by atoms with E-state index in [4.69, 9.17) is 17.5 Å². The first-order valence-corrected chi connectivity index (χ1v) is 2.00. The summed E-state index contributed by atoms with van der Waals surface area (Å²) >= 11 is 0. The Kier molecular flexibility index (Phi) is 519. The van der Waals surface area contributed by atoms with E-state index in [0.717, 1.165) is 0 Å². The molecule has 0 spiro atoms. The Balaban J connectivity index is -0.00000000178. The zero-order chi connectivity index (χ0) is 4.50. The van der Waals surface area contributed by atoms with Crippen LogP contribution in [0.15, 0.2) is 0 Å². The predicted molar refractivity (Wildman–Crippen MR) is 35.8 cm³/mol. The molecular formula is H14ClFeNaO11S. The molecule has 15 heteroatoms. The minimum atomic E-state index is -5.17. The van der Waals surface area contributed by atoms with Gasteiger partial charge in [0, 0.05) is 10.4 Å². The van der Waals surface area contributed by atoms with Crippen molar-refractivity contribution in [3.8, 4) is 0 Å². The van der Waals surface area contributed by atoms with Crippen molar-refractivity contribution in [1.82, 2.24) is 0 Å². The summed E-state index contributed by atoms with van der Waals surface area (Å²) < 4.78 is 34.1. The molecule has 0 fully saturated rings. The molecular weight excluding hydrogens is 322 g/mol. The monoisotopic (exact) mass is 336 g/mol. The topological polar surface area (TPSA) is 301 Å². The Labute approximate surface area is 125 Å². The fourth-order valence-electron chi connectivity index (χ4n) is 0. The summed E-state index contributed by atoms with van der Waals surface area (Å²) in [4.78, 5) is 0. The fraction of sp³-hybridized carbons (Fsp3) is 0. The van der Waals surface area contributed by atoms with Crippen LogP contribution in [-0.2, 0) is 27.5 Å². The SMILES string of the molecule is O.O.O.O.O.O.O.O=S(=O)([O-])[O-].[Cl-].[Fe+2].[Na+]. The smallest absolute Gasteiger partial charge is 1.00 e. The van der Waals surface area contributed by atoms with Gasteiger partial charge in [-0.2, -0.15) is 0 Å². The second-order valence-electron chi connectivity index (χ2n) is 0.408. The van der Waals surface area contributed by atoms with Gasteiger partial charge < -0.3 is 59.8 Å². The van der Waals surface area contributed by atoms with Crippen molar-refractivity contribution in [3.05, 3.63) is 0 Å². The van der Waals surface area contributed by atoms with Gasteiger partial charge in [-0.15, -0.1) is 0 Å². The molecule has 0 radical (unpaired) electrons. The van der Waals surface area contributed by atoms with Crippen molar-refractivity contribution >= 4 is 10.4 Å². The maximum Gasteiger partial charge on any atom is 2.00 e. The molecule has 15 heavy (non-hydrogen) atoms. The number of hydrogen-bond donors (Lipinski definition) is 0. The zero-order valence-electron chi connectivity index (χ0n) is 7.27. The van der Waals surface area contributed by atoms with Crippen LogP contribution in [0.2, 0.25) is 0 Å². The zero-order valence-corrected chi connectivity index (χ0v) is 11.9. The van der Waals surface area contributed by atoms with E-state index in [9.17, 15) is 0 Å². The molecule has 14 N–H and O–H groups in total. The van der Waals surface area contributed by atoms with Crippen LogP contribution < -0.4 is 42.0 Å². The van der Waals surface area contributed by atoms with Crippen molar-refractivity contribution in [2.75, 3.05) is 0 Å². The van der Waals surface area contributed by atoms with Crippen LogP contribution in [0.3, 0.4) is 0 Å². The first-order chi connectivity index (χ1) is 2.00. The number of rotatable bonds is 0. The first-order valence-electron chi connectivity index (χ1n) is 0.667. The summed E-state index contributed by atoms with van der Waals surface area (Å²) in [6.07, 6.45) is 0. The normalized spacial score (nSPS) is 3.87. The molecule has 0 saturated carbocycles. The summed E-state index contributed by atoms with van der Waals surface area (Å²) in [5.74, 6) is 0. The molecule has 0 aromatic heterocycles. The van der Waals surface area contributed by atoms with Gasteiger partial charge >= 0.3 is 46.6 Å². The number of halogens is 1. The average Bonchev–Trinajstić information content (AvgIpc) is 0.722. The van der Waals surface area contributed by atoms with Crippen LogP contribution in [0.4, 0.5) is 0 Å². The maximum absolute atomic E-state index is 8.52. The van der Waals surface area contributed by atoms with Crippen molar-refractivity contribution in [1.29, 1.82) is 0 Å². The third-order valence-electron chi connectivity index (χ3n) is 0. The van der Waals surface area contributed by atoms with Gasteiger partial charge in [0.05, 0.1) is 0 Å². The van der Waals surface area contributed by atoms with Gasteiger partial charge in [0.2, 0.25) is 0 Å². The van der Waals surface area contributed by atoms with Gasteiger partial charge in [0.25, 0.3) is 0 Å². The molecule has 0 amide bonds. The van der Waals surface area contributed by atoms with E-state index in [1.165, 1.54) is 0 Å². The third kappa shape index (κ3) is 1410. The second kappa shape index (κ2) is 58.3. The molecule has 0 aliphatic heterocycles. The van der Waals surface area contributed by atoms with Crippen molar-refractivity contribution in [2.45, 2.75) is 0 Å². The molecule has 0 unspecified atom stereocenters. The molecule has 0 rings (SSSR count). The molecule has 0 aromatic carbocycles. The second-order valence-corrected chi connectivity index (χ2v) is 1.22. The van der Waals surface area contributed by atoms with Crippen LogP contribution in [0.5, 0.6) is 0 Å². The molecule has 0 atom stereocenters. The van der Waals surface area contributed by atoms with Gasteiger partial charge in [-0.3, -0.25) is 8.42 Å².